The average molecular weight is 314 g/mol. The van der Waals surface area contributed by atoms with E-state index in [1.807, 2.05) is 0 Å². The van der Waals surface area contributed by atoms with Gasteiger partial charge in [-0.15, -0.1) is 8.78 Å². The van der Waals surface area contributed by atoms with Crippen LogP contribution in [0.25, 0.3) is 0 Å². The number of carbonyl (C=O) groups is 1. The maximum Gasteiger partial charge on any atom is 0.586 e. The Morgan fingerprint density at radius 1 is 1.38 bits per heavy atom. The van der Waals surface area contributed by atoms with E-state index < -0.39 is 12.3 Å². The monoisotopic (exact) mass is 314 g/mol. The lowest BCUT2D eigenvalue weighted by atomic mass is 10.2. The highest BCUT2D eigenvalue weighted by Crippen LogP contribution is 2.43. The maximum atomic E-state index is 12.9. The van der Waals surface area contributed by atoms with Gasteiger partial charge in [0.1, 0.15) is 10.6 Å². The second kappa shape index (κ2) is 4.55. The Hall–Kier alpha value is -2.42. The van der Waals surface area contributed by atoms with Crippen molar-refractivity contribution < 1.29 is 28.2 Å². The number of alkyl halides is 2. The molecule has 21 heavy (non-hydrogen) atoms. The van der Waals surface area contributed by atoms with Crippen LogP contribution in [0.5, 0.6) is 11.5 Å². The van der Waals surface area contributed by atoms with Crippen LogP contribution in [0.1, 0.15) is 16.1 Å². The third-order valence-corrected chi connectivity index (χ3v) is 3.59. The van der Waals surface area contributed by atoms with Crippen molar-refractivity contribution in [3.05, 3.63) is 29.5 Å². The van der Waals surface area contributed by atoms with Crippen molar-refractivity contribution in [1.82, 2.24) is 4.37 Å². The number of fused-ring (bicyclic) bond motifs is 1. The summed E-state index contributed by atoms with van der Waals surface area (Å²) in [6.07, 6.45) is -3.69. The quantitative estimate of drug-likeness (QED) is 0.905. The number of anilines is 2. The van der Waals surface area contributed by atoms with Gasteiger partial charge in [-0.25, -0.2) is 4.79 Å². The minimum Gasteiger partial charge on any atom is -0.478 e. The fourth-order valence-electron chi connectivity index (χ4n) is 1.86. The highest BCUT2D eigenvalue weighted by atomic mass is 32.1. The second-order valence-corrected chi connectivity index (χ2v) is 5.00. The van der Waals surface area contributed by atoms with Crippen molar-refractivity contribution in [2.24, 2.45) is 0 Å². The Kier molecular flexibility index (Phi) is 2.94. The number of ether oxygens (including phenoxy) is 2. The zero-order chi connectivity index (χ0) is 15.2. The van der Waals surface area contributed by atoms with E-state index in [2.05, 4.69) is 19.2 Å². The van der Waals surface area contributed by atoms with Crippen LogP contribution in [0.2, 0.25) is 0 Å². The van der Waals surface area contributed by atoms with Crippen LogP contribution < -0.4 is 14.8 Å². The van der Waals surface area contributed by atoms with E-state index in [1.54, 1.807) is 6.92 Å². The average Bonchev–Trinajstić information content (AvgIpc) is 2.87. The molecule has 0 bridgehead atoms. The third kappa shape index (κ3) is 2.47. The molecule has 0 radical (unpaired) electrons. The molecule has 0 amide bonds. The van der Waals surface area contributed by atoms with Gasteiger partial charge in [-0.1, -0.05) is 0 Å². The van der Waals surface area contributed by atoms with E-state index in [4.69, 9.17) is 5.11 Å². The van der Waals surface area contributed by atoms with Crippen LogP contribution in [0.4, 0.5) is 19.5 Å². The first kappa shape index (κ1) is 13.6. The first-order valence-electron chi connectivity index (χ1n) is 5.72. The number of hydrogen-bond acceptors (Lipinski definition) is 6. The van der Waals surface area contributed by atoms with Crippen molar-refractivity contribution in [2.75, 3.05) is 5.32 Å². The number of carboxylic acids is 1. The maximum absolute atomic E-state index is 12.9. The van der Waals surface area contributed by atoms with Crippen molar-refractivity contribution in [1.29, 1.82) is 0 Å². The van der Waals surface area contributed by atoms with Gasteiger partial charge in [-0.05, 0) is 30.6 Å². The number of aromatic carboxylic acids is 1. The van der Waals surface area contributed by atoms with Crippen LogP contribution in [0, 0.1) is 6.92 Å². The molecule has 6 nitrogen and oxygen atoms in total. The Labute approximate surface area is 121 Å². The number of benzene rings is 1. The van der Waals surface area contributed by atoms with Crippen molar-refractivity contribution >= 4 is 28.2 Å². The largest absolute Gasteiger partial charge is 0.586 e. The smallest absolute Gasteiger partial charge is 0.478 e. The second-order valence-electron chi connectivity index (χ2n) is 4.23. The van der Waals surface area contributed by atoms with Crippen molar-refractivity contribution in [2.45, 2.75) is 13.2 Å². The summed E-state index contributed by atoms with van der Waals surface area (Å²) >= 11 is 0.970. The molecule has 0 unspecified atom stereocenters. The molecule has 1 aromatic heterocycles. The highest BCUT2D eigenvalue weighted by molar-refractivity contribution is 7.10. The van der Waals surface area contributed by atoms with Gasteiger partial charge in [-0.3, -0.25) is 0 Å². The topological polar surface area (TPSA) is 80.7 Å². The van der Waals surface area contributed by atoms with E-state index in [9.17, 15) is 13.6 Å². The van der Waals surface area contributed by atoms with Gasteiger partial charge in [-0.2, -0.15) is 4.37 Å². The van der Waals surface area contributed by atoms with E-state index in [0.717, 1.165) is 11.5 Å². The number of carboxylic acid groups (broad SMARTS) is 1. The van der Waals surface area contributed by atoms with E-state index in [0.29, 0.717) is 16.4 Å². The number of rotatable bonds is 3. The number of aromatic nitrogens is 1. The third-order valence-electron chi connectivity index (χ3n) is 2.74. The molecule has 0 spiro atoms. The molecular weight excluding hydrogens is 306 g/mol. The molecule has 2 aromatic rings. The van der Waals surface area contributed by atoms with E-state index in [-0.39, 0.29) is 17.1 Å². The molecule has 0 saturated heterocycles. The highest BCUT2D eigenvalue weighted by Gasteiger charge is 2.43. The Morgan fingerprint density at radius 3 is 2.81 bits per heavy atom. The van der Waals surface area contributed by atoms with Gasteiger partial charge < -0.3 is 19.9 Å². The summed E-state index contributed by atoms with van der Waals surface area (Å²) in [5, 5.41) is 12.3. The van der Waals surface area contributed by atoms with Crippen LogP contribution in [-0.4, -0.2) is 21.7 Å². The molecular formula is C12H8F2N2O4S. The molecule has 1 aliphatic heterocycles. The Balaban J connectivity index is 1.89. The molecule has 0 aliphatic carbocycles. The summed E-state index contributed by atoms with van der Waals surface area (Å²) in [4.78, 5) is 11.1. The fraction of sp³-hybridized carbons (Fsp3) is 0.167. The van der Waals surface area contributed by atoms with Gasteiger partial charge in [0.05, 0.1) is 5.69 Å². The number of halogens is 2. The molecule has 2 heterocycles. The van der Waals surface area contributed by atoms with E-state index in [1.165, 1.54) is 18.2 Å². The first-order chi connectivity index (χ1) is 9.85. The van der Waals surface area contributed by atoms with Crippen LogP contribution >= 0.6 is 11.5 Å². The molecule has 110 valence electrons. The normalized spacial score (nSPS) is 15.0. The number of hydrogen-bond donors (Lipinski definition) is 2. The van der Waals surface area contributed by atoms with Gasteiger partial charge in [0.25, 0.3) is 0 Å². The zero-order valence-corrected chi connectivity index (χ0v) is 11.3. The van der Waals surface area contributed by atoms with Crippen molar-refractivity contribution in [3.8, 4) is 11.5 Å². The number of nitrogens with one attached hydrogen (secondary N) is 1. The molecule has 0 saturated carbocycles. The lowest BCUT2D eigenvalue weighted by molar-refractivity contribution is -0.286. The predicted molar refractivity (Wildman–Crippen MR) is 69.7 cm³/mol. The van der Waals surface area contributed by atoms with Gasteiger partial charge in [0, 0.05) is 11.8 Å². The number of nitrogens with zero attached hydrogens (tertiary/aromatic N) is 1. The predicted octanol–water partition coefficient (Wildman–Crippen LogP) is 3.21. The molecule has 0 fully saturated rings. The lowest BCUT2D eigenvalue weighted by Gasteiger charge is -2.05. The zero-order valence-electron chi connectivity index (χ0n) is 10.5. The molecule has 2 N–H and O–H groups in total. The summed E-state index contributed by atoms with van der Waals surface area (Å²) in [6, 6.07) is 4.09. The summed E-state index contributed by atoms with van der Waals surface area (Å²) in [6.45, 7) is 1.57. The molecule has 9 heteroatoms. The standard InChI is InChI=1S/C12H8F2N2O4S/c1-5-9(11(17)18)10(21-16-5)15-6-2-3-7-8(4-6)20-12(13,14)19-7/h2-4,15H,1H3,(H,17,18). The Bertz CT molecular complexity index is 732. The summed E-state index contributed by atoms with van der Waals surface area (Å²) in [7, 11) is 0. The summed E-state index contributed by atoms with van der Waals surface area (Å²) in [5.74, 6) is -1.32. The lowest BCUT2D eigenvalue weighted by Crippen LogP contribution is -2.25. The molecule has 1 aliphatic rings. The first-order valence-corrected chi connectivity index (χ1v) is 6.49. The summed E-state index contributed by atoms with van der Waals surface area (Å²) in [5.41, 5.74) is 0.812. The minimum atomic E-state index is -3.69. The van der Waals surface area contributed by atoms with Crippen LogP contribution in [0.15, 0.2) is 18.2 Å². The fourth-order valence-corrected chi connectivity index (χ4v) is 2.67. The van der Waals surface area contributed by atoms with Crippen LogP contribution in [0.3, 0.4) is 0 Å². The number of aryl methyl sites for hydroxylation is 1. The van der Waals surface area contributed by atoms with E-state index >= 15 is 0 Å². The summed E-state index contributed by atoms with van der Waals surface area (Å²) < 4.78 is 38.4. The van der Waals surface area contributed by atoms with Crippen molar-refractivity contribution in [3.63, 3.8) is 0 Å². The van der Waals surface area contributed by atoms with Gasteiger partial charge in [0.2, 0.25) is 0 Å². The minimum absolute atomic E-state index is 0.0444. The SMILES string of the molecule is Cc1nsc(Nc2ccc3c(c2)OC(F)(F)O3)c1C(=O)O. The Morgan fingerprint density at radius 2 is 2.10 bits per heavy atom. The molecule has 0 atom stereocenters. The van der Waals surface area contributed by atoms with Crippen LogP contribution in [-0.2, 0) is 0 Å². The van der Waals surface area contributed by atoms with Gasteiger partial charge >= 0.3 is 12.3 Å². The molecule has 1 aromatic carbocycles. The molecule has 3 rings (SSSR count). The van der Waals surface area contributed by atoms with Gasteiger partial charge in [0.15, 0.2) is 11.5 Å².